The van der Waals surface area contributed by atoms with Crippen molar-refractivity contribution in [2.24, 2.45) is 0 Å². The number of imide groups is 2. The summed E-state index contributed by atoms with van der Waals surface area (Å²) in [7, 11) is 0. The van der Waals surface area contributed by atoms with Crippen molar-refractivity contribution in [1.29, 1.82) is 0 Å². The second kappa shape index (κ2) is 11.0. The predicted molar refractivity (Wildman–Crippen MR) is 136 cm³/mol. The number of nitrogens with one attached hydrogen (secondary N) is 1. The molecule has 0 aliphatic carbocycles. The van der Waals surface area contributed by atoms with Gasteiger partial charge < -0.3 is 14.6 Å². The second-order valence-corrected chi connectivity index (χ2v) is 8.25. The van der Waals surface area contributed by atoms with Crippen LogP contribution < -0.4 is 19.7 Å². The highest BCUT2D eigenvalue weighted by atomic mass is 35.5. The van der Waals surface area contributed by atoms with Crippen LogP contribution in [0.3, 0.4) is 0 Å². The number of hydrogen-bond donors (Lipinski definition) is 2. The highest BCUT2D eigenvalue weighted by Crippen LogP contribution is 2.32. The van der Waals surface area contributed by atoms with Gasteiger partial charge in [-0.05, 0) is 60.5 Å². The van der Waals surface area contributed by atoms with Crippen LogP contribution in [0.5, 0.6) is 11.5 Å². The number of hydrogen-bond acceptors (Lipinski definition) is 6. The Kier molecular flexibility index (Phi) is 7.55. The number of barbiturate groups is 1. The molecule has 0 radical (unpaired) electrons. The molecule has 2 N–H and O–H groups in total. The number of carboxylic acid groups (broad SMARTS) is 1. The van der Waals surface area contributed by atoms with Crippen LogP contribution in [0.2, 0.25) is 5.02 Å². The Balaban J connectivity index is 1.59. The molecular weight excluding hydrogens is 500 g/mol. The van der Waals surface area contributed by atoms with E-state index < -0.39 is 23.8 Å². The standard InChI is InChI=1S/C27H21ClN2O7/c1-2-36-23-14-17(9-12-22(23)37-15-16-7-10-18(11-8-16)26(33)34)13-19-24(31)29-27(35)30(25(19)32)21-6-4-3-5-20(21)28/h3-14H,2,15H2,1H3,(H,33,34)(H,29,31,35). The molecule has 1 fully saturated rings. The van der Waals surface area contributed by atoms with E-state index in [1.807, 2.05) is 0 Å². The van der Waals surface area contributed by atoms with Gasteiger partial charge >= 0.3 is 12.0 Å². The molecule has 10 heteroatoms. The number of para-hydroxylation sites is 1. The zero-order valence-electron chi connectivity index (χ0n) is 19.6. The van der Waals surface area contributed by atoms with E-state index in [-0.39, 0.29) is 28.5 Å². The van der Waals surface area contributed by atoms with Gasteiger partial charge in [-0.1, -0.05) is 41.9 Å². The monoisotopic (exact) mass is 520 g/mol. The number of amides is 4. The fourth-order valence-corrected chi connectivity index (χ4v) is 3.80. The molecule has 0 atom stereocenters. The van der Waals surface area contributed by atoms with E-state index in [1.54, 1.807) is 49.4 Å². The van der Waals surface area contributed by atoms with E-state index in [2.05, 4.69) is 5.32 Å². The molecule has 3 aromatic carbocycles. The van der Waals surface area contributed by atoms with Crippen LogP contribution in [-0.4, -0.2) is 35.5 Å². The van der Waals surface area contributed by atoms with E-state index in [0.717, 1.165) is 10.5 Å². The Bertz CT molecular complexity index is 1420. The number of carbonyl (C=O) groups excluding carboxylic acids is 3. The fourth-order valence-electron chi connectivity index (χ4n) is 3.58. The van der Waals surface area contributed by atoms with E-state index in [0.29, 0.717) is 23.7 Å². The van der Waals surface area contributed by atoms with Gasteiger partial charge in [-0.15, -0.1) is 0 Å². The second-order valence-electron chi connectivity index (χ2n) is 7.84. The van der Waals surface area contributed by atoms with Crippen LogP contribution in [0.4, 0.5) is 10.5 Å². The van der Waals surface area contributed by atoms with Gasteiger partial charge in [0.25, 0.3) is 11.8 Å². The van der Waals surface area contributed by atoms with Crippen LogP contribution in [0.1, 0.15) is 28.4 Å². The maximum atomic E-state index is 13.1. The Morgan fingerprint density at radius 2 is 1.73 bits per heavy atom. The molecule has 188 valence electrons. The van der Waals surface area contributed by atoms with Crippen molar-refractivity contribution < 1.29 is 33.8 Å². The number of ether oxygens (including phenoxy) is 2. The van der Waals surface area contributed by atoms with Crippen LogP contribution in [0, 0.1) is 0 Å². The summed E-state index contributed by atoms with van der Waals surface area (Å²) in [6, 6.07) is 16.6. The summed E-state index contributed by atoms with van der Waals surface area (Å²) in [5, 5.41) is 11.4. The molecule has 37 heavy (non-hydrogen) atoms. The number of rotatable bonds is 8. The zero-order chi connectivity index (χ0) is 26.5. The molecule has 0 bridgehead atoms. The molecule has 1 aliphatic rings. The van der Waals surface area contributed by atoms with Gasteiger partial charge in [-0.2, -0.15) is 0 Å². The molecule has 0 saturated carbocycles. The minimum Gasteiger partial charge on any atom is -0.490 e. The maximum Gasteiger partial charge on any atom is 0.335 e. The summed E-state index contributed by atoms with van der Waals surface area (Å²) < 4.78 is 11.5. The van der Waals surface area contributed by atoms with Gasteiger partial charge in [0.1, 0.15) is 12.2 Å². The Labute approximate surface area is 216 Å². The van der Waals surface area contributed by atoms with Crippen molar-refractivity contribution >= 4 is 47.2 Å². The summed E-state index contributed by atoms with van der Waals surface area (Å²) in [5.74, 6) is -1.87. The first-order valence-corrected chi connectivity index (χ1v) is 11.5. The van der Waals surface area contributed by atoms with Gasteiger partial charge in [0.15, 0.2) is 11.5 Å². The number of benzene rings is 3. The third-order valence-electron chi connectivity index (χ3n) is 5.37. The molecule has 1 heterocycles. The van der Waals surface area contributed by atoms with Crippen molar-refractivity contribution in [2.75, 3.05) is 11.5 Å². The number of carbonyl (C=O) groups is 4. The van der Waals surface area contributed by atoms with Gasteiger partial charge in [-0.3, -0.25) is 14.9 Å². The zero-order valence-corrected chi connectivity index (χ0v) is 20.3. The first-order chi connectivity index (χ1) is 17.8. The molecule has 3 aromatic rings. The molecular formula is C27H21ClN2O7. The maximum absolute atomic E-state index is 13.1. The fraction of sp³-hybridized carbons (Fsp3) is 0.111. The SMILES string of the molecule is CCOc1cc(C=C2C(=O)NC(=O)N(c3ccccc3Cl)C2=O)ccc1OCc1ccc(C(=O)O)cc1. The van der Waals surface area contributed by atoms with E-state index in [4.69, 9.17) is 26.2 Å². The number of aromatic carboxylic acids is 1. The number of halogens is 1. The van der Waals surface area contributed by atoms with Crippen molar-refractivity contribution in [1.82, 2.24) is 5.32 Å². The summed E-state index contributed by atoms with van der Waals surface area (Å²) in [5.41, 5.74) is 1.29. The molecule has 1 saturated heterocycles. The van der Waals surface area contributed by atoms with E-state index in [9.17, 15) is 19.2 Å². The minimum atomic E-state index is -1.01. The van der Waals surface area contributed by atoms with Crippen molar-refractivity contribution in [2.45, 2.75) is 13.5 Å². The first-order valence-electron chi connectivity index (χ1n) is 11.2. The molecule has 0 spiro atoms. The van der Waals surface area contributed by atoms with E-state index >= 15 is 0 Å². The summed E-state index contributed by atoms with van der Waals surface area (Å²) in [4.78, 5) is 49.9. The molecule has 1 aliphatic heterocycles. The third kappa shape index (κ3) is 5.62. The van der Waals surface area contributed by atoms with Gasteiger partial charge in [0, 0.05) is 0 Å². The molecule has 4 rings (SSSR count). The molecule has 0 unspecified atom stereocenters. The van der Waals surface area contributed by atoms with Crippen LogP contribution in [-0.2, 0) is 16.2 Å². The molecule has 4 amide bonds. The average Bonchev–Trinajstić information content (AvgIpc) is 2.87. The lowest BCUT2D eigenvalue weighted by molar-refractivity contribution is -0.122. The topological polar surface area (TPSA) is 122 Å². The number of nitrogens with zero attached hydrogens (tertiary/aromatic N) is 1. The first kappa shape index (κ1) is 25.5. The largest absolute Gasteiger partial charge is 0.490 e. The smallest absolute Gasteiger partial charge is 0.335 e. The number of anilines is 1. The molecule has 9 nitrogen and oxygen atoms in total. The normalized spacial score (nSPS) is 14.5. The number of urea groups is 1. The lowest BCUT2D eigenvalue weighted by Crippen LogP contribution is -2.54. The Morgan fingerprint density at radius 3 is 2.41 bits per heavy atom. The average molecular weight is 521 g/mol. The quantitative estimate of drug-likeness (QED) is 0.326. The summed E-state index contributed by atoms with van der Waals surface area (Å²) in [6.45, 7) is 2.29. The Morgan fingerprint density at radius 1 is 1.00 bits per heavy atom. The van der Waals surface area contributed by atoms with E-state index in [1.165, 1.54) is 30.3 Å². The van der Waals surface area contributed by atoms with Gasteiger partial charge in [0.05, 0.1) is 22.9 Å². The molecule has 0 aromatic heterocycles. The predicted octanol–water partition coefficient (Wildman–Crippen LogP) is 4.68. The van der Waals surface area contributed by atoms with Crippen LogP contribution >= 0.6 is 11.6 Å². The Hall–Kier alpha value is -4.63. The summed E-state index contributed by atoms with van der Waals surface area (Å²) >= 11 is 6.17. The van der Waals surface area contributed by atoms with Crippen LogP contribution in [0.25, 0.3) is 6.08 Å². The lowest BCUT2D eigenvalue weighted by atomic mass is 10.1. The third-order valence-corrected chi connectivity index (χ3v) is 5.69. The summed E-state index contributed by atoms with van der Waals surface area (Å²) in [6.07, 6.45) is 1.35. The lowest BCUT2D eigenvalue weighted by Gasteiger charge is -2.27. The highest BCUT2D eigenvalue weighted by molar-refractivity contribution is 6.42. The van der Waals surface area contributed by atoms with Crippen molar-refractivity contribution in [3.63, 3.8) is 0 Å². The van der Waals surface area contributed by atoms with Gasteiger partial charge in [0.2, 0.25) is 0 Å². The minimum absolute atomic E-state index is 0.153. The van der Waals surface area contributed by atoms with Crippen molar-refractivity contribution in [3.8, 4) is 11.5 Å². The highest BCUT2D eigenvalue weighted by Gasteiger charge is 2.37. The van der Waals surface area contributed by atoms with Gasteiger partial charge in [-0.25, -0.2) is 14.5 Å². The van der Waals surface area contributed by atoms with Crippen molar-refractivity contribution in [3.05, 3.63) is 94.0 Å². The number of carboxylic acids is 1. The van der Waals surface area contributed by atoms with Crippen LogP contribution in [0.15, 0.2) is 72.3 Å².